The van der Waals surface area contributed by atoms with Crippen molar-refractivity contribution in [3.8, 4) is 5.75 Å². The second-order valence-corrected chi connectivity index (χ2v) is 4.17. The minimum atomic E-state index is 0.511. The maximum atomic E-state index is 5.31. The van der Waals surface area contributed by atoms with Crippen molar-refractivity contribution in [1.82, 2.24) is 15.2 Å². The summed E-state index contributed by atoms with van der Waals surface area (Å²) < 4.78 is 5.82. The summed E-state index contributed by atoms with van der Waals surface area (Å²) in [6.07, 6.45) is 2.86. The van der Waals surface area contributed by atoms with E-state index in [1.807, 2.05) is 18.2 Å². The van der Waals surface area contributed by atoms with E-state index in [-0.39, 0.29) is 0 Å². The van der Waals surface area contributed by atoms with Crippen molar-refractivity contribution in [3.63, 3.8) is 0 Å². The molecule has 0 radical (unpaired) electrons. The number of benzene rings is 1. The zero-order chi connectivity index (χ0) is 12.1. The molecule has 0 saturated heterocycles. The Bertz CT molecular complexity index is 532. The molecular weight excluding hydrogens is 234 g/mol. The van der Waals surface area contributed by atoms with E-state index in [4.69, 9.17) is 17.0 Å². The number of aryl methyl sites for hydroxylation is 2. The van der Waals surface area contributed by atoms with E-state index in [0.29, 0.717) is 4.77 Å². The first-order valence-corrected chi connectivity index (χ1v) is 5.96. The molecule has 0 aliphatic heterocycles. The lowest BCUT2D eigenvalue weighted by atomic mass is 10.1. The van der Waals surface area contributed by atoms with Crippen molar-refractivity contribution in [1.29, 1.82) is 0 Å². The van der Waals surface area contributed by atoms with Crippen LogP contribution in [0.1, 0.15) is 17.8 Å². The van der Waals surface area contributed by atoms with Gasteiger partial charge in [0.25, 0.3) is 0 Å². The van der Waals surface area contributed by atoms with Gasteiger partial charge in [-0.05, 0) is 36.7 Å². The third kappa shape index (κ3) is 3.17. The van der Waals surface area contributed by atoms with Gasteiger partial charge in [-0.2, -0.15) is 0 Å². The fraction of sp³-hybridized carbons (Fsp3) is 0.333. The van der Waals surface area contributed by atoms with Gasteiger partial charge >= 0.3 is 0 Å². The van der Waals surface area contributed by atoms with Gasteiger partial charge < -0.3 is 4.74 Å². The van der Waals surface area contributed by atoms with E-state index >= 15 is 0 Å². The van der Waals surface area contributed by atoms with Gasteiger partial charge in [0.1, 0.15) is 11.6 Å². The minimum absolute atomic E-state index is 0.511. The Morgan fingerprint density at radius 3 is 2.76 bits per heavy atom. The molecule has 0 atom stereocenters. The van der Waals surface area contributed by atoms with Crippen LogP contribution >= 0.6 is 12.2 Å². The Balaban J connectivity index is 1.91. The monoisotopic (exact) mass is 249 g/mol. The van der Waals surface area contributed by atoms with Crippen LogP contribution in [0.2, 0.25) is 0 Å². The van der Waals surface area contributed by atoms with Gasteiger partial charge in [0.15, 0.2) is 0 Å². The molecule has 0 aliphatic rings. The lowest BCUT2D eigenvalue weighted by molar-refractivity contribution is 0.409. The minimum Gasteiger partial charge on any atom is -0.496 e. The van der Waals surface area contributed by atoms with Crippen LogP contribution in [0.5, 0.6) is 5.75 Å². The highest BCUT2D eigenvalue weighted by Crippen LogP contribution is 2.19. The van der Waals surface area contributed by atoms with Gasteiger partial charge in [0.2, 0.25) is 4.77 Å². The highest BCUT2D eigenvalue weighted by molar-refractivity contribution is 7.71. The topological polar surface area (TPSA) is 53.7 Å². The Kier molecular flexibility index (Phi) is 3.93. The first kappa shape index (κ1) is 11.9. The molecule has 0 spiro atoms. The van der Waals surface area contributed by atoms with Crippen molar-refractivity contribution in [2.45, 2.75) is 19.3 Å². The number of aromatic amines is 2. The van der Waals surface area contributed by atoms with Crippen molar-refractivity contribution in [3.05, 3.63) is 40.4 Å². The number of methoxy groups -OCH3 is 1. The Morgan fingerprint density at radius 1 is 1.24 bits per heavy atom. The Labute approximate surface area is 105 Å². The molecule has 0 fully saturated rings. The van der Waals surface area contributed by atoms with Crippen LogP contribution in [0.4, 0.5) is 0 Å². The van der Waals surface area contributed by atoms with Gasteiger partial charge in [0.05, 0.1) is 7.11 Å². The summed E-state index contributed by atoms with van der Waals surface area (Å²) in [6.45, 7) is 0. The van der Waals surface area contributed by atoms with E-state index in [2.05, 4.69) is 21.2 Å². The number of rotatable bonds is 5. The van der Waals surface area contributed by atoms with Crippen LogP contribution in [-0.4, -0.2) is 22.3 Å². The molecule has 1 heterocycles. The average Bonchev–Trinajstić information content (AvgIpc) is 2.76. The summed E-state index contributed by atoms with van der Waals surface area (Å²) in [5.74, 6) is 1.85. The van der Waals surface area contributed by atoms with Crippen LogP contribution in [0.25, 0.3) is 0 Å². The Hall–Kier alpha value is -1.62. The number of nitrogens with one attached hydrogen (secondary N) is 2. The first-order valence-electron chi connectivity index (χ1n) is 5.55. The summed E-state index contributed by atoms with van der Waals surface area (Å²) in [4.78, 5) is 4.16. The maximum absolute atomic E-state index is 5.31. The number of hydrogen-bond acceptors (Lipinski definition) is 3. The SMILES string of the molecule is COc1ccccc1CCCc1nc(=S)[nH][nH]1. The number of aromatic nitrogens is 3. The maximum Gasteiger partial charge on any atom is 0.213 e. The molecule has 1 aromatic carbocycles. The van der Waals surface area contributed by atoms with E-state index < -0.39 is 0 Å². The zero-order valence-corrected chi connectivity index (χ0v) is 10.5. The van der Waals surface area contributed by atoms with Crippen molar-refractivity contribution in [2.24, 2.45) is 0 Å². The molecule has 90 valence electrons. The molecule has 0 amide bonds. The molecule has 0 saturated carbocycles. The van der Waals surface area contributed by atoms with Crippen molar-refractivity contribution < 1.29 is 4.74 Å². The first-order chi connectivity index (χ1) is 8.29. The van der Waals surface area contributed by atoms with Gasteiger partial charge in [-0.15, -0.1) is 0 Å². The highest BCUT2D eigenvalue weighted by Gasteiger charge is 2.02. The van der Waals surface area contributed by atoms with E-state index in [1.54, 1.807) is 7.11 Å². The number of nitrogens with zero attached hydrogens (tertiary/aromatic N) is 1. The fourth-order valence-electron chi connectivity index (χ4n) is 1.78. The average molecular weight is 249 g/mol. The third-order valence-electron chi connectivity index (χ3n) is 2.60. The molecule has 0 aliphatic carbocycles. The van der Waals surface area contributed by atoms with Crippen LogP contribution in [0, 0.1) is 4.77 Å². The molecule has 2 N–H and O–H groups in total. The number of para-hydroxylation sites is 1. The standard InChI is InChI=1S/C12H15N3OS/c1-16-10-7-3-2-5-9(10)6-4-8-11-13-12(17)15-14-11/h2-3,5,7H,4,6,8H2,1H3,(H2,13,14,15,17). The largest absolute Gasteiger partial charge is 0.496 e. The third-order valence-corrected chi connectivity index (χ3v) is 2.80. The predicted molar refractivity (Wildman–Crippen MR) is 68.8 cm³/mol. The van der Waals surface area contributed by atoms with Crippen LogP contribution in [0.3, 0.4) is 0 Å². The molecule has 17 heavy (non-hydrogen) atoms. The molecule has 4 nitrogen and oxygen atoms in total. The van der Waals surface area contributed by atoms with E-state index in [0.717, 1.165) is 30.8 Å². The number of H-pyrrole nitrogens is 2. The fourth-order valence-corrected chi connectivity index (χ4v) is 1.94. The summed E-state index contributed by atoms with van der Waals surface area (Å²) in [5, 5.41) is 5.74. The predicted octanol–water partition coefficient (Wildman–Crippen LogP) is 2.65. The van der Waals surface area contributed by atoms with E-state index in [1.165, 1.54) is 5.56 Å². The molecule has 2 aromatic rings. The quantitative estimate of drug-likeness (QED) is 0.801. The molecule has 2 rings (SSSR count). The van der Waals surface area contributed by atoms with Gasteiger partial charge in [-0.3, -0.25) is 10.2 Å². The number of hydrogen-bond donors (Lipinski definition) is 2. The lowest BCUT2D eigenvalue weighted by Crippen LogP contribution is -1.95. The van der Waals surface area contributed by atoms with E-state index in [9.17, 15) is 0 Å². The molecular formula is C12H15N3OS. The summed E-state index contributed by atoms with van der Waals surface area (Å²) in [5.41, 5.74) is 1.23. The Morgan fingerprint density at radius 2 is 2.06 bits per heavy atom. The highest BCUT2D eigenvalue weighted by atomic mass is 32.1. The lowest BCUT2D eigenvalue weighted by Gasteiger charge is -2.06. The summed E-state index contributed by atoms with van der Waals surface area (Å²) >= 11 is 4.90. The number of ether oxygens (including phenoxy) is 1. The smallest absolute Gasteiger partial charge is 0.213 e. The van der Waals surface area contributed by atoms with Gasteiger partial charge in [0, 0.05) is 6.42 Å². The van der Waals surface area contributed by atoms with Crippen LogP contribution in [0.15, 0.2) is 24.3 Å². The molecule has 0 bridgehead atoms. The summed E-state index contributed by atoms with van der Waals surface area (Å²) in [7, 11) is 1.70. The zero-order valence-electron chi connectivity index (χ0n) is 9.69. The summed E-state index contributed by atoms with van der Waals surface area (Å²) in [6, 6.07) is 8.08. The second kappa shape index (κ2) is 5.63. The van der Waals surface area contributed by atoms with Gasteiger partial charge in [-0.25, -0.2) is 4.98 Å². The molecule has 5 heteroatoms. The second-order valence-electron chi connectivity index (χ2n) is 3.78. The molecule has 1 aromatic heterocycles. The van der Waals surface area contributed by atoms with Crippen LogP contribution < -0.4 is 4.74 Å². The normalized spacial score (nSPS) is 10.4. The van der Waals surface area contributed by atoms with Gasteiger partial charge in [-0.1, -0.05) is 18.2 Å². The van der Waals surface area contributed by atoms with Crippen molar-refractivity contribution >= 4 is 12.2 Å². The van der Waals surface area contributed by atoms with Crippen molar-refractivity contribution in [2.75, 3.05) is 7.11 Å². The van der Waals surface area contributed by atoms with Crippen LogP contribution in [-0.2, 0) is 12.8 Å². The molecule has 0 unspecified atom stereocenters.